The van der Waals surface area contributed by atoms with E-state index >= 15 is 0 Å². The van der Waals surface area contributed by atoms with Crippen molar-refractivity contribution < 1.29 is 4.74 Å². The largest absolute Gasteiger partial charge is 0.489 e. The van der Waals surface area contributed by atoms with Crippen molar-refractivity contribution in [3.05, 3.63) is 59.1 Å². The van der Waals surface area contributed by atoms with E-state index in [0.29, 0.717) is 6.61 Å². The molecule has 0 heterocycles. The normalized spacial score (nSPS) is 10.2. The standard InChI is InChI=1S/C14H13ClOS/c1-17-13-8-6-12(7-9-13)16-10-11-4-2-3-5-14(11)15/h2-9H,10H2,1H3. The summed E-state index contributed by atoms with van der Waals surface area (Å²) in [6, 6.07) is 15.8. The number of halogens is 1. The van der Waals surface area contributed by atoms with Gasteiger partial charge in [-0.2, -0.15) is 0 Å². The van der Waals surface area contributed by atoms with Gasteiger partial charge in [0.2, 0.25) is 0 Å². The molecule has 1 nitrogen and oxygen atoms in total. The van der Waals surface area contributed by atoms with Gasteiger partial charge in [0.15, 0.2) is 0 Å². The molecular weight excluding hydrogens is 252 g/mol. The smallest absolute Gasteiger partial charge is 0.119 e. The lowest BCUT2D eigenvalue weighted by Gasteiger charge is -2.08. The van der Waals surface area contributed by atoms with Gasteiger partial charge in [0.1, 0.15) is 12.4 Å². The molecule has 0 aliphatic carbocycles. The zero-order valence-electron chi connectivity index (χ0n) is 9.52. The molecule has 2 aromatic rings. The molecule has 0 saturated heterocycles. The van der Waals surface area contributed by atoms with Crippen molar-refractivity contribution in [2.75, 3.05) is 6.26 Å². The molecule has 0 aliphatic rings. The minimum atomic E-state index is 0.498. The van der Waals surface area contributed by atoms with Crippen molar-refractivity contribution in [3.8, 4) is 5.75 Å². The van der Waals surface area contributed by atoms with Crippen molar-refractivity contribution in [1.82, 2.24) is 0 Å². The first-order valence-corrected chi connectivity index (χ1v) is 6.90. The highest BCUT2D eigenvalue weighted by atomic mass is 35.5. The fraction of sp³-hybridized carbons (Fsp3) is 0.143. The Morgan fingerprint density at radius 2 is 1.76 bits per heavy atom. The van der Waals surface area contributed by atoms with Crippen LogP contribution < -0.4 is 4.74 Å². The van der Waals surface area contributed by atoms with E-state index in [2.05, 4.69) is 6.26 Å². The second-order valence-electron chi connectivity index (χ2n) is 3.56. The molecule has 0 spiro atoms. The van der Waals surface area contributed by atoms with Crippen LogP contribution >= 0.6 is 23.4 Å². The molecule has 0 radical (unpaired) electrons. The van der Waals surface area contributed by atoms with E-state index in [9.17, 15) is 0 Å². The number of thioether (sulfide) groups is 1. The molecule has 3 heteroatoms. The predicted molar refractivity (Wildman–Crippen MR) is 74.0 cm³/mol. The molecule has 0 fully saturated rings. The van der Waals surface area contributed by atoms with Crippen LogP contribution in [-0.2, 0) is 6.61 Å². The van der Waals surface area contributed by atoms with Crippen LogP contribution in [0.25, 0.3) is 0 Å². The van der Waals surface area contributed by atoms with Gasteiger partial charge >= 0.3 is 0 Å². The molecule has 17 heavy (non-hydrogen) atoms. The van der Waals surface area contributed by atoms with E-state index in [1.165, 1.54) is 4.90 Å². The van der Waals surface area contributed by atoms with Crippen molar-refractivity contribution in [3.63, 3.8) is 0 Å². The van der Waals surface area contributed by atoms with Crippen molar-refractivity contribution in [1.29, 1.82) is 0 Å². The topological polar surface area (TPSA) is 9.23 Å². The van der Waals surface area contributed by atoms with E-state index < -0.39 is 0 Å². The van der Waals surface area contributed by atoms with E-state index in [0.717, 1.165) is 16.3 Å². The van der Waals surface area contributed by atoms with Crippen molar-refractivity contribution in [2.24, 2.45) is 0 Å². The molecule has 0 N–H and O–H groups in total. The van der Waals surface area contributed by atoms with Gasteiger partial charge in [-0.05, 0) is 36.6 Å². The molecule has 88 valence electrons. The highest BCUT2D eigenvalue weighted by Gasteiger charge is 2.00. The fourth-order valence-corrected chi connectivity index (χ4v) is 2.05. The Morgan fingerprint density at radius 1 is 1.06 bits per heavy atom. The maximum absolute atomic E-state index is 6.05. The molecule has 0 atom stereocenters. The summed E-state index contributed by atoms with van der Waals surface area (Å²) >= 11 is 7.77. The first kappa shape index (κ1) is 12.3. The molecule has 2 rings (SSSR count). The highest BCUT2D eigenvalue weighted by Crippen LogP contribution is 2.21. The van der Waals surface area contributed by atoms with Gasteiger partial charge in [0.05, 0.1) is 0 Å². The number of rotatable bonds is 4. The molecule has 0 unspecified atom stereocenters. The maximum Gasteiger partial charge on any atom is 0.119 e. The molecule has 0 saturated carbocycles. The minimum Gasteiger partial charge on any atom is -0.489 e. The third-order valence-electron chi connectivity index (χ3n) is 2.41. The molecule has 0 aliphatic heterocycles. The van der Waals surface area contributed by atoms with Gasteiger partial charge in [-0.15, -0.1) is 11.8 Å². The van der Waals surface area contributed by atoms with Crippen molar-refractivity contribution in [2.45, 2.75) is 11.5 Å². The Labute approximate surface area is 111 Å². The first-order valence-electron chi connectivity index (χ1n) is 5.30. The summed E-state index contributed by atoms with van der Waals surface area (Å²) in [6.45, 7) is 0.498. The summed E-state index contributed by atoms with van der Waals surface area (Å²) in [5, 5.41) is 0.744. The molecule has 0 bridgehead atoms. The molecule has 0 aromatic heterocycles. The third-order valence-corrected chi connectivity index (χ3v) is 3.52. The Hall–Kier alpha value is -1.12. The number of ether oxygens (including phenoxy) is 1. The molecule has 0 amide bonds. The van der Waals surface area contributed by atoms with E-state index in [1.54, 1.807) is 11.8 Å². The number of hydrogen-bond donors (Lipinski definition) is 0. The Kier molecular flexibility index (Phi) is 4.35. The Morgan fingerprint density at radius 3 is 2.41 bits per heavy atom. The van der Waals surface area contributed by atoms with Crippen LogP contribution in [0.15, 0.2) is 53.4 Å². The average molecular weight is 265 g/mol. The Balaban J connectivity index is 2.00. The monoisotopic (exact) mass is 264 g/mol. The highest BCUT2D eigenvalue weighted by molar-refractivity contribution is 7.98. The zero-order valence-corrected chi connectivity index (χ0v) is 11.1. The number of benzene rings is 2. The van der Waals surface area contributed by atoms with Gasteiger partial charge in [0, 0.05) is 15.5 Å². The van der Waals surface area contributed by atoms with Crippen LogP contribution in [0.5, 0.6) is 5.75 Å². The second kappa shape index (κ2) is 5.99. The maximum atomic E-state index is 6.05. The quantitative estimate of drug-likeness (QED) is 0.744. The van der Waals surface area contributed by atoms with Crippen LogP contribution in [0.2, 0.25) is 5.02 Å². The summed E-state index contributed by atoms with van der Waals surface area (Å²) in [4.78, 5) is 1.23. The Bertz CT molecular complexity index is 482. The number of hydrogen-bond acceptors (Lipinski definition) is 2. The average Bonchev–Trinajstić information content (AvgIpc) is 2.38. The first-order chi connectivity index (χ1) is 8.29. The van der Waals surface area contributed by atoms with Crippen LogP contribution in [0.4, 0.5) is 0 Å². The van der Waals surface area contributed by atoms with E-state index in [-0.39, 0.29) is 0 Å². The second-order valence-corrected chi connectivity index (χ2v) is 4.84. The summed E-state index contributed by atoms with van der Waals surface area (Å²) in [5.74, 6) is 0.864. The summed E-state index contributed by atoms with van der Waals surface area (Å²) < 4.78 is 5.68. The SMILES string of the molecule is CSc1ccc(OCc2ccccc2Cl)cc1. The van der Waals surface area contributed by atoms with Gasteiger partial charge < -0.3 is 4.74 Å². The lowest BCUT2D eigenvalue weighted by atomic mass is 10.2. The lowest BCUT2D eigenvalue weighted by Crippen LogP contribution is -1.95. The van der Waals surface area contributed by atoms with Crippen LogP contribution in [-0.4, -0.2) is 6.26 Å². The van der Waals surface area contributed by atoms with E-state index in [4.69, 9.17) is 16.3 Å². The fourth-order valence-electron chi connectivity index (χ4n) is 1.45. The van der Waals surface area contributed by atoms with Crippen LogP contribution in [0.3, 0.4) is 0 Å². The van der Waals surface area contributed by atoms with Gasteiger partial charge in [-0.3, -0.25) is 0 Å². The van der Waals surface area contributed by atoms with Crippen LogP contribution in [0.1, 0.15) is 5.56 Å². The predicted octanol–water partition coefficient (Wildman–Crippen LogP) is 4.64. The minimum absolute atomic E-state index is 0.498. The third kappa shape index (κ3) is 3.42. The summed E-state index contributed by atoms with van der Waals surface area (Å²) in [6.07, 6.45) is 2.06. The van der Waals surface area contributed by atoms with E-state index in [1.807, 2.05) is 48.5 Å². The molecule has 2 aromatic carbocycles. The lowest BCUT2D eigenvalue weighted by molar-refractivity contribution is 0.306. The van der Waals surface area contributed by atoms with Crippen molar-refractivity contribution >= 4 is 23.4 Å². The van der Waals surface area contributed by atoms with Gasteiger partial charge in [-0.25, -0.2) is 0 Å². The van der Waals surface area contributed by atoms with Gasteiger partial charge in [0.25, 0.3) is 0 Å². The summed E-state index contributed by atoms with van der Waals surface area (Å²) in [5.41, 5.74) is 1.00. The zero-order chi connectivity index (χ0) is 12.1. The van der Waals surface area contributed by atoms with Gasteiger partial charge in [-0.1, -0.05) is 29.8 Å². The molecular formula is C14H13ClOS. The summed E-state index contributed by atoms with van der Waals surface area (Å²) in [7, 11) is 0. The van der Waals surface area contributed by atoms with Crippen LogP contribution in [0, 0.1) is 0 Å².